The van der Waals surface area contributed by atoms with Gasteiger partial charge >= 0.3 is 0 Å². The first kappa shape index (κ1) is 18.1. The number of halogens is 1. The van der Waals surface area contributed by atoms with Gasteiger partial charge < -0.3 is 9.88 Å². The van der Waals surface area contributed by atoms with Gasteiger partial charge in [0, 0.05) is 18.2 Å². The van der Waals surface area contributed by atoms with E-state index in [1.807, 2.05) is 0 Å². The van der Waals surface area contributed by atoms with E-state index in [2.05, 4.69) is 37.2 Å². The first-order valence-corrected chi connectivity index (χ1v) is 10.4. The third kappa shape index (κ3) is 4.16. The molecular weight excluding hydrogens is 387 g/mol. The van der Waals surface area contributed by atoms with Crippen molar-refractivity contribution in [2.45, 2.75) is 43.1 Å². The summed E-state index contributed by atoms with van der Waals surface area (Å²) in [6, 6.07) is 5.58. The molecule has 7 nitrogen and oxygen atoms in total. The Labute approximate surface area is 163 Å². The molecule has 1 aromatic carbocycles. The van der Waals surface area contributed by atoms with Crippen LogP contribution in [0.1, 0.15) is 46.3 Å². The predicted molar refractivity (Wildman–Crippen MR) is 101 cm³/mol. The number of aromatic nitrogens is 5. The molecular formula is C17H17FN6OS2. The molecule has 0 saturated heterocycles. The van der Waals surface area contributed by atoms with Crippen LogP contribution in [0.3, 0.4) is 0 Å². The molecule has 0 unspecified atom stereocenters. The lowest BCUT2D eigenvalue weighted by molar-refractivity contribution is 0.102. The van der Waals surface area contributed by atoms with Gasteiger partial charge in [0.1, 0.15) is 16.6 Å². The average molecular weight is 404 g/mol. The molecule has 0 radical (unpaired) electrons. The number of rotatable bonds is 7. The molecule has 2 aromatic heterocycles. The van der Waals surface area contributed by atoms with Crippen LogP contribution >= 0.6 is 23.1 Å². The van der Waals surface area contributed by atoms with Crippen molar-refractivity contribution in [2.24, 2.45) is 0 Å². The minimum Gasteiger partial charge on any atom is -0.320 e. The molecule has 0 spiro atoms. The maximum atomic E-state index is 12.9. The highest BCUT2D eigenvalue weighted by Gasteiger charge is 2.30. The van der Waals surface area contributed by atoms with Gasteiger partial charge in [0.15, 0.2) is 5.16 Å². The molecule has 10 heteroatoms. The van der Waals surface area contributed by atoms with E-state index in [-0.39, 0.29) is 16.7 Å². The zero-order valence-corrected chi connectivity index (χ0v) is 16.2. The van der Waals surface area contributed by atoms with Crippen molar-refractivity contribution >= 4 is 34.7 Å². The molecule has 1 fully saturated rings. The summed E-state index contributed by atoms with van der Waals surface area (Å²) in [4.78, 5) is 12.2. The standard InChI is InChI=1S/C17H17FN6OS2/c1-2-24-14(10-3-4-10)21-23-17(24)26-9-13-20-22-16(27-13)15(25)19-12-7-5-11(18)6-8-12/h5-8,10H,2-4,9H2,1H3,(H,19,25). The first-order valence-electron chi connectivity index (χ1n) is 8.59. The summed E-state index contributed by atoms with van der Waals surface area (Å²) in [5.74, 6) is 1.48. The van der Waals surface area contributed by atoms with Crippen molar-refractivity contribution in [2.75, 3.05) is 5.32 Å². The lowest BCUT2D eigenvalue weighted by atomic mass is 10.3. The van der Waals surface area contributed by atoms with E-state index in [9.17, 15) is 9.18 Å². The number of amides is 1. The summed E-state index contributed by atoms with van der Waals surface area (Å²) >= 11 is 2.78. The highest BCUT2D eigenvalue weighted by Crippen LogP contribution is 2.40. The van der Waals surface area contributed by atoms with E-state index >= 15 is 0 Å². The molecule has 0 aliphatic heterocycles. The smallest absolute Gasteiger partial charge is 0.286 e. The summed E-state index contributed by atoms with van der Waals surface area (Å²) in [5.41, 5.74) is 0.510. The van der Waals surface area contributed by atoms with Gasteiger partial charge in [-0.3, -0.25) is 4.79 Å². The van der Waals surface area contributed by atoms with Crippen LogP contribution in [-0.4, -0.2) is 30.9 Å². The number of hydrogen-bond acceptors (Lipinski definition) is 7. The maximum Gasteiger partial charge on any atom is 0.286 e. The average Bonchev–Trinajstić information content (AvgIpc) is 3.26. The van der Waals surface area contributed by atoms with E-state index in [0.29, 0.717) is 17.4 Å². The Kier molecular flexibility index (Phi) is 5.17. The zero-order chi connectivity index (χ0) is 18.8. The fourth-order valence-electron chi connectivity index (χ4n) is 2.60. The monoisotopic (exact) mass is 404 g/mol. The molecule has 1 N–H and O–H groups in total. The van der Waals surface area contributed by atoms with Crippen molar-refractivity contribution in [3.8, 4) is 0 Å². The zero-order valence-electron chi connectivity index (χ0n) is 14.6. The van der Waals surface area contributed by atoms with Crippen LogP contribution < -0.4 is 5.32 Å². The normalized spacial score (nSPS) is 13.7. The topological polar surface area (TPSA) is 85.6 Å². The summed E-state index contributed by atoms with van der Waals surface area (Å²) < 4.78 is 15.1. The summed E-state index contributed by atoms with van der Waals surface area (Å²) in [7, 11) is 0. The minimum absolute atomic E-state index is 0.269. The number of nitrogens with zero attached hydrogens (tertiary/aromatic N) is 5. The van der Waals surface area contributed by atoms with Crippen LogP contribution in [0.25, 0.3) is 0 Å². The molecule has 0 atom stereocenters. The maximum absolute atomic E-state index is 12.9. The van der Waals surface area contributed by atoms with Crippen molar-refractivity contribution in [1.29, 1.82) is 0 Å². The molecule has 27 heavy (non-hydrogen) atoms. The number of carbonyl (C=O) groups is 1. The van der Waals surface area contributed by atoms with Gasteiger partial charge in [-0.25, -0.2) is 4.39 Å². The second kappa shape index (κ2) is 7.73. The van der Waals surface area contributed by atoms with Gasteiger partial charge in [0.2, 0.25) is 5.01 Å². The van der Waals surface area contributed by atoms with Gasteiger partial charge in [-0.05, 0) is 44.0 Å². The lowest BCUT2D eigenvalue weighted by Crippen LogP contribution is -2.11. The van der Waals surface area contributed by atoms with E-state index in [0.717, 1.165) is 22.5 Å². The fourth-order valence-corrected chi connectivity index (χ4v) is 4.33. The highest BCUT2D eigenvalue weighted by atomic mass is 32.2. The van der Waals surface area contributed by atoms with Crippen LogP contribution in [0.15, 0.2) is 29.4 Å². The second-order valence-electron chi connectivity index (χ2n) is 6.11. The predicted octanol–water partition coefficient (Wildman–Crippen LogP) is 3.71. The third-order valence-corrected chi connectivity index (χ3v) is 6.17. The largest absolute Gasteiger partial charge is 0.320 e. The number of nitrogens with one attached hydrogen (secondary N) is 1. The van der Waals surface area contributed by atoms with Crippen LogP contribution in [0.5, 0.6) is 0 Å². The van der Waals surface area contributed by atoms with Gasteiger partial charge in [-0.15, -0.1) is 20.4 Å². The number of carbonyl (C=O) groups excluding carboxylic acids is 1. The lowest BCUT2D eigenvalue weighted by Gasteiger charge is -2.05. The molecule has 0 bridgehead atoms. The van der Waals surface area contributed by atoms with Crippen LogP contribution in [-0.2, 0) is 12.3 Å². The minimum atomic E-state index is -0.358. The van der Waals surface area contributed by atoms with E-state index in [1.165, 1.54) is 48.4 Å². The van der Waals surface area contributed by atoms with Crippen LogP contribution in [0.2, 0.25) is 0 Å². The number of hydrogen-bond donors (Lipinski definition) is 1. The number of thioether (sulfide) groups is 1. The molecule has 4 rings (SSSR count). The quantitative estimate of drug-likeness (QED) is 0.604. The third-order valence-electron chi connectivity index (χ3n) is 4.09. The van der Waals surface area contributed by atoms with Crippen molar-refractivity contribution in [3.05, 3.63) is 45.9 Å². The molecule has 3 aromatic rings. The van der Waals surface area contributed by atoms with Gasteiger partial charge in [-0.2, -0.15) is 0 Å². The van der Waals surface area contributed by atoms with E-state index in [1.54, 1.807) is 11.8 Å². The van der Waals surface area contributed by atoms with E-state index in [4.69, 9.17) is 0 Å². The van der Waals surface area contributed by atoms with E-state index < -0.39 is 0 Å². The molecule has 140 valence electrons. The summed E-state index contributed by atoms with van der Waals surface area (Å²) in [5, 5.41) is 21.2. The fraction of sp³-hybridized carbons (Fsp3) is 0.353. The molecule has 1 aliphatic rings. The molecule has 2 heterocycles. The SMILES string of the molecule is CCn1c(SCc2nnc(C(=O)Nc3ccc(F)cc3)s2)nnc1C1CC1. The molecule has 1 aliphatic carbocycles. The Morgan fingerprint density at radius 3 is 2.74 bits per heavy atom. The highest BCUT2D eigenvalue weighted by molar-refractivity contribution is 7.98. The van der Waals surface area contributed by atoms with Crippen molar-refractivity contribution in [1.82, 2.24) is 25.0 Å². The Morgan fingerprint density at radius 1 is 1.26 bits per heavy atom. The molecule has 1 amide bonds. The summed E-state index contributed by atoms with van der Waals surface area (Å²) in [6.07, 6.45) is 2.37. The van der Waals surface area contributed by atoms with Crippen LogP contribution in [0, 0.1) is 5.82 Å². The Bertz CT molecular complexity index is 951. The molecule has 1 saturated carbocycles. The Hall–Kier alpha value is -2.33. The van der Waals surface area contributed by atoms with Crippen molar-refractivity contribution < 1.29 is 9.18 Å². The van der Waals surface area contributed by atoms with Crippen molar-refractivity contribution in [3.63, 3.8) is 0 Å². The second-order valence-corrected chi connectivity index (χ2v) is 8.11. The van der Waals surface area contributed by atoms with Gasteiger partial charge in [-0.1, -0.05) is 23.1 Å². The number of benzene rings is 1. The van der Waals surface area contributed by atoms with Gasteiger partial charge in [0.05, 0.1) is 5.75 Å². The van der Waals surface area contributed by atoms with Crippen LogP contribution in [0.4, 0.5) is 10.1 Å². The summed E-state index contributed by atoms with van der Waals surface area (Å²) in [6.45, 7) is 2.92. The Balaban J connectivity index is 1.38. The number of anilines is 1. The van der Waals surface area contributed by atoms with Gasteiger partial charge in [0.25, 0.3) is 5.91 Å². The first-order chi connectivity index (χ1) is 13.1. The Morgan fingerprint density at radius 2 is 2.04 bits per heavy atom.